The molecule has 0 aliphatic carbocycles. The summed E-state index contributed by atoms with van der Waals surface area (Å²) in [7, 11) is 1.67. The van der Waals surface area contributed by atoms with Crippen molar-refractivity contribution in [1.29, 1.82) is 0 Å². The first-order chi connectivity index (χ1) is 15.8. The van der Waals surface area contributed by atoms with Crippen LogP contribution >= 0.6 is 0 Å². The second kappa shape index (κ2) is 8.46. The van der Waals surface area contributed by atoms with Crippen LogP contribution in [0.2, 0.25) is 0 Å². The summed E-state index contributed by atoms with van der Waals surface area (Å²) in [5.41, 5.74) is 5.94. The smallest absolute Gasteiger partial charge is 0.339 e. The number of esters is 3. The van der Waals surface area contributed by atoms with Crippen molar-refractivity contribution in [1.82, 2.24) is 0 Å². The number of hydrogen-bond donors (Lipinski definition) is 1. The number of para-hydroxylation sites is 1. The summed E-state index contributed by atoms with van der Waals surface area (Å²) < 4.78 is 16.3. The minimum atomic E-state index is -1.91. The van der Waals surface area contributed by atoms with Crippen molar-refractivity contribution in [2.45, 2.75) is 25.9 Å². The molecule has 2 aromatic rings. The molecule has 2 aliphatic heterocycles. The van der Waals surface area contributed by atoms with Crippen molar-refractivity contribution in [3.63, 3.8) is 0 Å². The van der Waals surface area contributed by atoms with Crippen molar-refractivity contribution in [3.8, 4) is 0 Å². The van der Waals surface area contributed by atoms with Gasteiger partial charge < -0.3 is 24.8 Å². The summed E-state index contributed by atoms with van der Waals surface area (Å²) >= 11 is 0. The van der Waals surface area contributed by atoms with Crippen LogP contribution in [0.15, 0.2) is 77.3 Å². The molecule has 2 aliphatic rings. The van der Waals surface area contributed by atoms with Crippen LogP contribution in [0.5, 0.6) is 0 Å². The molecule has 1 spiro atoms. The zero-order chi connectivity index (χ0) is 23.8. The van der Waals surface area contributed by atoms with Gasteiger partial charge in [-0.05, 0) is 25.5 Å². The lowest BCUT2D eigenvalue weighted by atomic mass is 9.66. The Labute approximate surface area is 191 Å². The maximum atomic E-state index is 13.5. The molecule has 8 nitrogen and oxygen atoms in total. The van der Waals surface area contributed by atoms with Gasteiger partial charge in [0.15, 0.2) is 5.41 Å². The van der Waals surface area contributed by atoms with Gasteiger partial charge in [-0.3, -0.25) is 0 Å². The average molecular weight is 448 g/mol. The molecular weight excluding hydrogens is 424 g/mol. The summed E-state index contributed by atoms with van der Waals surface area (Å²) in [5, 5.41) is 0. The number of benzene rings is 2. The van der Waals surface area contributed by atoms with Crippen LogP contribution in [0.25, 0.3) is 0 Å². The molecule has 0 saturated heterocycles. The summed E-state index contributed by atoms with van der Waals surface area (Å²) in [4.78, 5) is 41.7. The molecule has 1 atom stereocenters. The third kappa shape index (κ3) is 3.34. The Bertz CT molecular complexity index is 1200. The maximum Gasteiger partial charge on any atom is 0.339 e. The van der Waals surface area contributed by atoms with Crippen LogP contribution in [-0.4, -0.2) is 31.6 Å². The summed E-state index contributed by atoms with van der Waals surface area (Å²) in [5.74, 6) is -2.36. The van der Waals surface area contributed by atoms with E-state index in [2.05, 4.69) is 0 Å². The molecule has 0 bridgehead atoms. The third-order valence-electron chi connectivity index (χ3n) is 5.84. The highest BCUT2D eigenvalue weighted by molar-refractivity contribution is 6.16. The number of hydrogen-bond acceptors (Lipinski definition) is 8. The fourth-order valence-electron chi connectivity index (χ4n) is 4.36. The molecule has 0 fully saturated rings. The second-order valence-electron chi connectivity index (χ2n) is 7.69. The molecule has 0 amide bonds. The first-order valence-electron chi connectivity index (χ1n) is 10.5. The van der Waals surface area contributed by atoms with Crippen LogP contribution in [0.3, 0.4) is 0 Å². The Morgan fingerprint density at radius 3 is 2.33 bits per heavy atom. The van der Waals surface area contributed by atoms with Gasteiger partial charge >= 0.3 is 17.9 Å². The van der Waals surface area contributed by atoms with E-state index < -0.39 is 23.3 Å². The van der Waals surface area contributed by atoms with Crippen LogP contribution < -0.4 is 10.6 Å². The van der Waals surface area contributed by atoms with Gasteiger partial charge in [-0.15, -0.1) is 0 Å². The minimum absolute atomic E-state index is 0.00726. The molecule has 2 N–H and O–H groups in total. The van der Waals surface area contributed by atoms with E-state index in [1.807, 2.05) is 30.3 Å². The van der Waals surface area contributed by atoms with Crippen molar-refractivity contribution in [2.75, 3.05) is 18.6 Å². The number of carbonyl (C=O) groups is 3. The van der Waals surface area contributed by atoms with Crippen LogP contribution in [0.4, 0.5) is 5.69 Å². The summed E-state index contributed by atoms with van der Waals surface area (Å²) in [6.07, 6.45) is 0. The molecule has 4 rings (SSSR count). The molecule has 0 aromatic heterocycles. The normalized spacial score (nSPS) is 19.5. The predicted octanol–water partition coefficient (Wildman–Crippen LogP) is 2.68. The van der Waals surface area contributed by atoms with Gasteiger partial charge in [0.2, 0.25) is 0 Å². The molecule has 0 radical (unpaired) electrons. The number of nitrogens with two attached hydrogens (primary N) is 1. The number of nitrogens with zero attached hydrogens (tertiary/aromatic N) is 1. The Balaban J connectivity index is 1.90. The predicted molar refractivity (Wildman–Crippen MR) is 119 cm³/mol. The third-order valence-corrected chi connectivity index (χ3v) is 5.84. The summed E-state index contributed by atoms with van der Waals surface area (Å²) in [6.45, 7) is 3.18. The van der Waals surface area contributed by atoms with E-state index in [4.69, 9.17) is 19.9 Å². The van der Waals surface area contributed by atoms with E-state index in [0.717, 1.165) is 5.56 Å². The topological polar surface area (TPSA) is 108 Å². The van der Waals surface area contributed by atoms with Crippen molar-refractivity contribution in [2.24, 2.45) is 5.73 Å². The first-order valence-corrected chi connectivity index (χ1v) is 10.5. The maximum absolute atomic E-state index is 13.5. The molecule has 2 aromatic carbocycles. The fraction of sp³-hybridized carbons (Fsp3) is 0.240. The van der Waals surface area contributed by atoms with E-state index in [-0.39, 0.29) is 35.9 Å². The molecule has 2 heterocycles. The van der Waals surface area contributed by atoms with Gasteiger partial charge in [0.25, 0.3) is 0 Å². The first kappa shape index (κ1) is 22.1. The molecular formula is C25H24N2O6. The lowest BCUT2D eigenvalue weighted by Gasteiger charge is -2.39. The van der Waals surface area contributed by atoms with Crippen molar-refractivity contribution >= 4 is 23.6 Å². The Morgan fingerprint density at radius 2 is 1.64 bits per heavy atom. The largest absolute Gasteiger partial charge is 0.462 e. The Kier molecular flexibility index (Phi) is 5.68. The van der Waals surface area contributed by atoms with E-state index in [1.54, 1.807) is 43.1 Å². The van der Waals surface area contributed by atoms with Crippen LogP contribution in [0, 0.1) is 0 Å². The van der Waals surface area contributed by atoms with Gasteiger partial charge in [-0.2, -0.15) is 0 Å². The number of carbonyl (C=O) groups excluding carboxylic acids is 3. The second-order valence-corrected chi connectivity index (χ2v) is 7.69. The van der Waals surface area contributed by atoms with Crippen molar-refractivity contribution < 1.29 is 28.6 Å². The lowest BCUT2D eigenvalue weighted by Crippen LogP contribution is -2.50. The van der Waals surface area contributed by atoms with Gasteiger partial charge in [0, 0.05) is 18.3 Å². The highest BCUT2D eigenvalue weighted by Crippen LogP contribution is 2.53. The van der Waals surface area contributed by atoms with Crippen molar-refractivity contribution in [3.05, 3.63) is 88.5 Å². The van der Waals surface area contributed by atoms with E-state index in [9.17, 15) is 14.4 Å². The minimum Gasteiger partial charge on any atom is -0.462 e. The average Bonchev–Trinajstić information content (AvgIpc) is 3.07. The van der Waals surface area contributed by atoms with E-state index in [1.165, 1.54) is 6.92 Å². The highest BCUT2D eigenvalue weighted by Gasteiger charge is 2.63. The van der Waals surface area contributed by atoms with E-state index in [0.29, 0.717) is 11.3 Å². The van der Waals surface area contributed by atoms with Crippen LogP contribution in [-0.2, 0) is 40.6 Å². The quantitative estimate of drug-likeness (QED) is 0.549. The molecule has 0 saturated carbocycles. The number of anilines is 1. The number of allylic oxidation sites excluding steroid dienone is 1. The monoisotopic (exact) mass is 448 g/mol. The lowest BCUT2D eigenvalue weighted by molar-refractivity contribution is -0.147. The number of ether oxygens (including phenoxy) is 3. The molecule has 170 valence electrons. The van der Waals surface area contributed by atoms with Gasteiger partial charge in [-0.25, -0.2) is 14.4 Å². The number of cyclic esters (lactones) is 1. The SMILES string of the molecule is CCOC(=O)C1=C(N)N(C)c2ccccc2[C@]12C(=O)OC(C)=C2C(=O)OCc1ccccc1. The number of fused-ring (bicyclic) bond motifs is 2. The van der Waals surface area contributed by atoms with E-state index >= 15 is 0 Å². The fourth-order valence-corrected chi connectivity index (χ4v) is 4.36. The summed E-state index contributed by atoms with van der Waals surface area (Å²) in [6, 6.07) is 16.0. The van der Waals surface area contributed by atoms with Gasteiger partial charge in [0.05, 0.1) is 6.61 Å². The standard InChI is InChI=1S/C25H24N2O6/c1-4-31-23(29)20-21(26)27(3)18-13-9-8-12-17(18)25(20)19(15(2)33-24(25)30)22(28)32-14-16-10-6-5-7-11-16/h5-13H,4,14,26H2,1-3H3/t25-/m1/s1. The zero-order valence-corrected chi connectivity index (χ0v) is 18.6. The molecule has 33 heavy (non-hydrogen) atoms. The molecule has 8 heteroatoms. The Morgan fingerprint density at radius 1 is 1.00 bits per heavy atom. The highest BCUT2D eigenvalue weighted by atomic mass is 16.6. The van der Waals surface area contributed by atoms with Crippen LogP contribution in [0.1, 0.15) is 25.0 Å². The van der Waals surface area contributed by atoms with Gasteiger partial charge in [0.1, 0.15) is 29.3 Å². The Hall–Kier alpha value is -4.07. The van der Waals surface area contributed by atoms with Gasteiger partial charge in [-0.1, -0.05) is 48.5 Å². The zero-order valence-electron chi connectivity index (χ0n) is 18.6. The molecule has 0 unspecified atom stereocenters. The number of rotatable bonds is 5.